The molecule has 4 rings (SSSR count). The van der Waals surface area contributed by atoms with Crippen LogP contribution in [0.5, 0.6) is 5.75 Å². The Morgan fingerprint density at radius 3 is 2.52 bits per heavy atom. The van der Waals surface area contributed by atoms with Gasteiger partial charge in [0.25, 0.3) is 5.56 Å². The Bertz CT molecular complexity index is 1310. The second kappa shape index (κ2) is 9.17. The summed E-state index contributed by atoms with van der Waals surface area (Å²) in [5, 5.41) is 8.92. The predicted molar refractivity (Wildman–Crippen MR) is 121 cm³/mol. The summed E-state index contributed by atoms with van der Waals surface area (Å²) < 4.78 is 35.0. The maximum atomic E-state index is 14.5. The lowest BCUT2D eigenvalue weighted by Gasteiger charge is -2.32. The van der Waals surface area contributed by atoms with Crippen LogP contribution in [0.3, 0.4) is 0 Å². The van der Waals surface area contributed by atoms with Crippen molar-refractivity contribution >= 4 is 17.4 Å². The van der Waals surface area contributed by atoms with Crippen LogP contribution >= 0.6 is 11.6 Å². The Morgan fingerprint density at radius 1 is 1.18 bits per heavy atom. The molecule has 2 N–H and O–H groups in total. The van der Waals surface area contributed by atoms with Gasteiger partial charge in [0.05, 0.1) is 18.4 Å². The highest BCUT2D eigenvalue weighted by atomic mass is 35.5. The van der Waals surface area contributed by atoms with Crippen LogP contribution in [0.1, 0.15) is 18.4 Å². The van der Waals surface area contributed by atoms with Gasteiger partial charge >= 0.3 is 0 Å². The number of halogens is 3. The average Bonchev–Trinajstić information content (AvgIpc) is 2.81. The zero-order valence-corrected chi connectivity index (χ0v) is 18.4. The molecule has 2 heterocycles. The smallest absolute Gasteiger partial charge is 0.279 e. The van der Waals surface area contributed by atoms with Gasteiger partial charge in [-0.3, -0.25) is 9.36 Å². The van der Waals surface area contributed by atoms with Gasteiger partial charge in [0.15, 0.2) is 17.4 Å². The summed E-state index contributed by atoms with van der Waals surface area (Å²) in [5.41, 5.74) is 5.56. The third-order valence-corrected chi connectivity index (χ3v) is 5.92. The molecule has 10 heteroatoms. The Hall–Kier alpha value is -3.48. The number of benzene rings is 2. The first-order valence-corrected chi connectivity index (χ1v) is 10.6. The summed E-state index contributed by atoms with van der Waals surface area (Å²) in [6.07, 6.45) is 1.40. The van der Waals surface area contributed by atoms with Crippen molar-refractivity contribution in [2.45, 2.75) is 18.9 Å². The van der Waals surface area contributed by atoms with Crippen molar-refractivity contribution < 1.29 is 13.5 Å². The largest absolute Gasteiger partial charge is 0.494 e. The van der Waals surface area contributed by atoms with Crippen LogP contribution in [-0.2, 0) is 0 Å². The van der Waals surface area contributed by atoms with Gasteiger partial charge in [-0.25, -0.2) is 13.8 Å². The van der Waals surface area contributed by atoms with Crippen molar-refractivity contribution in [1.82, 2.24) is 9.55 Å². The fourth-order valence-electron chi connectivity index (χ4n) is 3.78. The number of aromatic nitrogens is 2. The minimum Gasteiger partial charge on any atom is -0.494 e. The zero-order valence-electron chi connectivity index (χ0n) is 17.7. The van der Waals surface area contributed by atoms with E-state index < -0.39 is 17.2 Å². The lowest BCUT2D eigenvalue weighted by molar-refractivity contribution is 0.386. The first kappa shape index (κ1) is 22.7. The molecule has 1 aliphatic heterocycles. The zero-order chi connectivity index (χ0) is 23.7. The van der Waals surface area contributed by atoms with E-state index in [1.54, 1.807) is 6.07 Å². The van der Waals surface area contributed by atoms with Gasteiger partial charge in [0.1, 0.15) is 22.7 Å². The molecule has 7 nitrogen and oxygen atoms in total. The van der Waals surface area contributed by atoms with Crippen molar-refractivity contribution in [2.24, 2.45) is 5.73 Å². The van der Waals surface area contributed by atoms with Crippen molar-refractivity contribution in [3.05, 3.63) is 69.0 Å². The standard InChI is InChI=1S/C23H20ClF2N5O2/c1-33-19-5-4-16(11-18(19)26)31-21(13-2-3-14(12-27)17(25)10-13)29-22(20(24)23(31)32)30-8-6-15(28)7-9-30/h2-5,10-11,15H,6-9,28H2,1H3. The molecule has 33 heavy (non-hydrogen) atoms. The highest BCUT2D eigenvalue weighted by Gasteiger charge is 2.25. The van der Waals surface area contributed by atoms with Crippen molar-refractivity contribution in [2.75, 3.05) is 25.1 Å². The van der Waals surface area contributed by atoms with Crippen LogP contribution in [0.2, 0.25) is 5.02 Å². The van der Waals surface area contributed by atoms with Crippen LogP contribution in [0.25, 0.3) is 17.1 Å². The lowest BCUT2D eigenvalue weighted by Crippen LogP contribution is -2.41. The normalized spacial score (nSPS) is 14.2. The van der Waals surface area contributed by atoms with E-state index in [2.05, 4.69) is 4.98 Å². The number of rotatable bonds is 4. The Balaban J connectivity index is 1.96. The van der Waals surface area contributed by atoms with Crippen LogP contribution in [-0.4, -0.2) is 35.8 Å². The summed E-state index contributed by atoms with van der Waals surface area (Å²) in [6.45, 7) is 1.10. The van der Waals surface area contributed by atoms with Gasteiger partial charge in [0.2, 0.25) is 0 Å². The SMILES string of the molecule is COc1ccc(-n2c(-c3ccc(C#N)c(F)c3)nc(N3CCC(N)CC3)c(Cl)c2=O)cc1F. The number of nitrogens with two attached hydrogens (primary N) is 1. The fraction of sp³-hybridized carbons (Fsp3) is 0.261. The van der Waals surface area contributed by atoms with Crippen molar-refractivity contribution in [3.8, 4) is 28.9 Å². The Morgan fingerprint density at radius 2 is 1.91 bits per heavy atom. The molecule has 0 unspecified atom stereocenters. The Labute approximate surface area is 193 Å². The molecule has 1 fully saturated rings. The van der Waals surface area contributed by atoms with Gasteiger partial charge in [0, 0.05) is 30.8 Å². The number of nitrogens with zero attached hydrogens (tertiary/aromatic N) is 4. The fourth-order valence-corrected chi connectivity index (χ4v) is 4.03. The molecule has 1 saturated heterocycles. The van der Waals surface area contributed by atoms with Crippen LogP contribution in [0.4, 0.5) is 14.6 Å². The first-order valence-electron chi connectivity index (χ1n) is 10.2. The van der Waals surface area contributed by atoms with E-state index in [1.165, 1.54) is 31.4 Å². The summed E-state index contributed by atoms with van der Waals surface area (Å²) in [5.74, 6) is -1.15. The third kappa shape index (κ3) is 4.27. The molecule has 0 saturated carbocycles. The summed E-state index contributed by atoms with van der Waals surface area (Å²) in [7, 11) is 1.33. The van der Waals surface area contributed by atoms with E-state index in [9.17, 15) is 13.6 Å². The van der Waals surface area contributed by atoms with E-state index in [4.69, 9.17) is 27.3 Å². The van der Waals surface area contributed by atoms with Crippen LogP contribution in [0, 0.1) is 23.0 Å². The van der Waals surface area contributed by atoms with Crippen LogP contribution < -0.4 is 20.9 Å². The number of anilines is 1. The van der Waals surface area contributed by atoms with Gasteiger partial charge in [-0.05, 0) is 43.2 Å². The maximum Gasteiger partial charge on any atom is 0.279 e. The van der Waals surface area contributed by atoms with Gasteiger partial charge in [-0.15, -0.1) is 0 Å². The number of hydrogen-bond acceptors (Lipinski definition) is 6. The van der Waals surface area contributed by atoms with E-state index in [0.717, 1.165) is 16.7 Å². The molecular weight excluding hydrogens is 452 g/mol. The molecule has 0 aliphatic carbocycles. The summed E-state index contributed by atoms with van der Waals surface area (Å²) in [6, 6.07) is 9.65. The molecule has 0 atom stereocenters. The minimum absolute atomic E-state index is 0.00176. The van der Waals surface area contributed by atoms with E-state index in [-0.39, 0.29) is 45.3 Å². The quantitative estimate of drug-likeness (QED) is 0.624. The Kier molecular flexibility index (Phi) is 6.31. The monoisotopic (exact) mass is 471 g/mol. The molecule has 2 aromatic carbocycles. The van der Waals surface area contributed by atoms with Gasteiger partial charge in [-0.2, -0.15) is 5.26 Å². The second-order valence-electron chi connectivity index (χ2n) is 7.66. The molecule has 0 amide bonds. The highest BCUT2D eigenvalue weighted by molar-refractivity contribution is 6.32. The predicted octanol–water partition coefficient (Wildman–Crippen LogP) is 3.64. The number of piperidine rings is 1. The van der Waals surface area contributed by atoms with E-state index in [0.29, 0.717) is 25.9 Å². The first-order chi connectivity index (χ1) is 15.8. The summed E-state index contributed by atoms with van der Waals surface area (Å²) >= 11 is 6.45. The molecule has 170 valence electrons. The average molecular weight is 472 g/mol. The number of methoxy groups -OCH3 is 1. The number of ether oxygens (including phenoxy) is 1. The lowest BCUT2D eigenvalue weighted by atomic mass is 10.1. The molecular formula is C23H20ClF2N5O2. The topological polar surface area (TPSA) is 97.2 Å². The van der Waals surface area contributed by atoms with Crippen LogP contribution in [0.15, 0.2) is 41.2 Å². The molecule has 0 bridgehead atoms. The van der Waals surface area contributed by atoms with Crippen molar-refractivity contribution in [1.29, 1.82) is 5.26 Å². The molecule has 0 radical (unpaired) electrons. The van der Waals surface area contributed by atoms with Crippen molar-refractivity contribution in [3.63, 3.8) is 0 Å². The second-order valence-corrected chi connectivity index (χ2v) is 8.04. The highest BCUT2D eigenvalue weighted by Crippen LogP contribution is 2.30. The molecule has 1 aliphatic rings. The molecule has 3 aromatic rings. The molecule has 0 spiro atoms. The minimum atomic E-state index is -0.767. The van der Waals surface area contributed by atoms with E-state index >= 15 is 0 Å². The summed E-state index contributed by atoms with van der Waals surface area (Å²) in [4.78, 5) is 19.9. The molecule has 1 aromatic heterocycles. The third-order valence-electron chi connectivity index (χ3n) is 5.59. The van der Waals surface area contributed by atoms with Gasteiger partial charge < -0.3 is 15.4 Å². The van der Waals surface area contributed by atoms with E-state index in [1.807, 2.05) is 4.90 Å². The maximum absolute atomic E-state index is 14.5. The van der Waals surface area contributed by atoms with Gasteiger partial charge in [-0.1, -0.05) is 11.6 Å². The number of nitriles is 1. The number of hydrogen-bond donors (Lipinski definition) is 1.